The third-order valence-electron chi connectivity index (χ3n) is 6.30. The first-order chi connectivity index (χ1) is 13.4. The zero-order valence-corrected chi connectivity index (χ0v) is 17.3. The van der Waals surface area contributed by atoms with E-state index in [2.05, 4.69) is 25.8 Å². The summed E-state index contributed by atoms with van der Waals surface area (Å²) in [5, 5.41) is 4.82. The SMILES string of the molecule is C.CCc1nc(C2CCC(C(C)(C)C)CC2)n2nc(-c3ccccc3)[nH]c(=O)c12. The van der Waals surface area contributed by atoms with Gasteiger partial charge in [0.15, 0.2) is 11.3 Å². The molecule has 5 nitrogen and oxygen atoms in total. The van der Waals surface area contributed by atoms with E-state index in [0.717, 1.165) is 42.3 Å². The van der Waals surface area contributed by atoms with Gasteiger partial charge in [-0.15, -0.1) is 5.10 Å². The first-order valence-electron chi connectivity index (χ1n) is 10.5. The second-order valence-electron chi connectivity index (χ2n) is 9.11. The van der Waals surface area contributed by atoms with Gasteiger partial charge in [0.1, 0.15) is 5.82 Å². The fourth-order valence-electron chi connectivity index (χ4n) is 4.55. The fourth-order valence-corrected chi connectivity index (χ4v) is 4.55. The maximum atomic E-state index is 12.9. The van der Waals surface area contributed by atoms with Gasteiger partial charge in [-0.25, -0.2) is 9.50 Å². The van der Waals surface area contributed by atoms with Crippen molar-refractivity contribution < 1.29 is 0 Å². The molecule has 2 aromatic heterocycles. The number of aromatic amines is 1. The van der Waals surface area contributed by atoms with Crippen molar-refractivity contribution in [3.05, 3.63) is 52.2 Å². The molecule has 0 aliphatic heterocycles. The van der Waals surface area contributed by atoms with Crippen LogP contribution in [0.25, 0.3) is 16.9 Å². The molecule has 29 heavy (non-hydrogen) atoms. The number of nitrogens with zero attached hydrogens (tertiary/aromatic N) is 3. The average Bonchev–Trinajstić information content (AvgIpc) is 3.07. The zero-order valence-electron chi connectivity index (χ0n) is 17.3. The number of H-pyrrole nitrogens is 1. The van der Waals surface area contributed by atoms with Crippen LogP contribution in [0.15, 0.2) is 35.1 Å². The molecule has 0 bridgehead atoms. The molecule has 5 heteroatoms. The molecule has 0 radical (unpaired) electrons. The third kappa shape index (κ3) is 4.00. The summed E-state index contributed by atoms with van der Waals surface area (Å²) in [5.41, 5.74) is 2.62. The summed E-state index contributed by atoms with van der Waals surface area (Å²) >= 11 is 0. The minimum Gasteiger partial charge on any atom is -0.303 e. The molecule has 0 amide bonds. The van der Waals surface area contributed by atoms with Crippen LogP contribution < -0.4 is 5.56 Å². The Kier molecular flexibility index (Phi) is 5.97. The van der Waals surface area contributed by atoms with Crippen molar-refractivity contribution in [3.63, 3.8) is 0 Å². The van der Waals surface area contributed by atoms with Crippen LogP contribution >= 0.6 is 0 Å². The average molecular weight is 395 g/mol. The van der Waals surface area contributed by atoms with E-state index < -0.39 is 0 Å². The van der Waals surface area contributed by atoms with E-state index in [1.165, 1.54) is 12.8 Å². The first-order valence-corrected chi connectivity index (χ1v) is 10.5. The van der Waals surface area contributed by atoms with Gasteiger partial charge >= 0.3 is 0 Å². The van der Waals surface area contributed by atoms with E-state index in [-0.39, 0.29) is 13.0 Å². The molecular formula is C24H34N4O. The van der Waals surface area contributed by atoms with Crippen molar-refractivity contribution >= 4 is 5.52 Å². The third-order valence-corrected chi connectivity index (χ3v) is 6.30. The van der Waals surface area contributed by atoms with Crippen molar-refractivity contribution in [1.29, 1.82) is 0 Å². The second-order valence-corrected chi connectivity index (χ2v) is 9.11. The standard InChI is InChI=1S/C23H30N4O.CH4/c1-5-18-19-22(28)25-20(15-9-7-6-8-10-15)26-27(19)21(24-18)16-11-13-17(14-12-16)23(2,3)4;/h6-10,16-17H,5,11-14H2,1-4H3,(H,25,26,28);1H4. The molecule has 1 saturated carbocycles. The van der Waals surface area contributed by atoms with Crippen molar-refractivity contribution in [2.45, 2.75) is 73.1 Å². The minimum absolute atomic E-state index is 0. The zero-order chi connectivity index (χ0) is 19.9. The predicted octanol–water partition coefficient (Wildman–Crippen LogP) is 5.60. The lowest BCUT2D eigenvalue weighted by Gasteiger charge is -2.36. The van der Waals surface area contributed by atoms with E-state index >= 15 is 0 Å². The Morgan fingerprint density at radius 1 is 1.10 bits per heavy atom. The fraction of sp³-hybridized carbons (Fsp3) is 0.542. The van der Waals surface area contributed by atoms with Gasteiger partial charge in [0.05, 0.1) is 5.69 Å². The number of fused-ring (bicyclic) bond motifs is 1. The van der Waals surface area contributed by atoms with Crippen LogP contribution in [0.3, 0.4) is 0 Å². The molecule has 0 unspecified atom stereocenters. The van der Waals surface area contributed by atoms with Crippen LogP contribution in [0.1, 0.15) is 78.2 Å². The number of nitrogens with one attached hydrogen (secondary N) is 1. The van der Waals surface area contributed by atoms with E-state index in [1.54, 1.807) is 0 Å². The van der Waals surface area contributed by atoms with Gasteiger partial charge in [0.25, 0.3) is 5.56 Å². The van der Waals surface area contributed by atoms with Gasteiger partial charge in [-0.3, -0.25) is 4.79 Å². The van der Waals surface area contributed by atoms with E-state index in [0.29, 0.717) is 22.7 Å². The van der Waals surface area contributed by atoms with Crippen LogP contribution in [0.5, 0.6) is 0 Å². The molecule has 3 aromatic rings. The van der Waals surface area contributed by atoms with Gasteiger partial charge in [-0.05, 0) is 43.4 Å². The maximum absolute atomic E-state index is 12.9. The summed E-state index contributed by atoms with van der Waals surface area (Å²) in [6.07, 6.45) is 5.37. The molecule has 1 fully saturated rings. The highest BCUT2D eigenvalue weighted by atomic mass is 16.1. The number of benzene rings is 1. The first kappa shape index (κ1) is 21.3. The van der Waals surface area contributed by atoms with E-state index in [9.17, 15) is 4.79 Å². The lowest BCUT2D eigenvalue weighted by Crippen LogP contribution is -2.26. The summed E-state index contributed by atoms with van der Waals surface area (Å²) in [5.74, 6) is 2.67. The van der Waals surface area contributed by atoms with E-state index in [1.807, 2.05) is 41.8 Å². The van der Waals surface area contributed by atoms with Crippen molar-refractivity contribution in [2.75, 3.05) is 0 Å². The Morgan fingerprint density at radius 2 is 1.76 bits per heavy atom. The number of hydrogen-bond acceptors (Lipinski definition) is 3. The Morgan fingerprint density at radius 3 is 2.34 bits per heavy atom. The van der Waals surface area contributed by atoms with Crippen molar-refractivity contribution in [3.8, 4) is 11.4 Å². The Bertz CT molecular complexity index is 1020. The lowest BCUT2D eigenvalue weighted by molar-refractivity contribution is 0.167. The van der Waals surface area contributed by atoms with Gasteiger partial charge in [0.2, 0.25) is 0 Å². The maximum Gasteiger partial charge on any atom is 0.277 e. The molecule has 156 valence electrons. The number of aromatic nitrogens is 4. The summed E-state index contributed by atoms with van der Waals surface area (Å²) < 4.78 is 1.84. The smallest absolute Gasteiger partial charge is 0.277 e. The number of rotatable bonds is 3. The molecule has 0 atom stereocenters. The quantitative estimate of drug-likeness (QED) is 0.628. The highest BCUT2D eigenvalue weighted by molar-refractivity contribution is 5.58. The lowest BCUT2D eigenvalue weighted by atomic mass is 9.70. The Balaban J connectivity index is 0.00000240. The van der Waals surface area contributed by atoms with Crippen LogP contribution in [0.2, 0.25) is 0 Å². The molecule has 4 rings (SSSR count). The Labute approximate surface area is 173 Å². The topological polar surface area (TPSA) is 63.1 Å². The molecule has 0 saturated heterocycles. The van der Waals surface area contributed by atoms with Gasteiger partial charge < -0.3 is 4.98 Å². The van der Waals surface area contributed by atoms with Gasteiger partial charge in [-0.2, -0.15) is 0 Å². The molecule has 1 aliphatic rings. The molecular weight excluding hydrogens is 360 g/mol. The normalized spacial score (nSPS) is 19.9. The Hall–Kier alpha value is -2.43. The summed E-state index contributed by atoms with van der Waals surface area (Å²) in [4.78, 5) is 20.7. The molecule has 1 aliphatic carbocycles. The van der Waals surface area contributed by atoms with Crippen molar-refractivity contribution in [2.24, 2.45) is 11.3 Å². The summed E-state index contributed by atoms with van der Waals surface area (Å²) in [6, 6.07) is 9.82. The largest absolute Gasteiger partial charge is 0.303 e. The molecule has 2 heterocycles. The highest BCUT2D eigenvalue weighted by Gasteiger charge is 2.32. The van der Waals surface area contributed by atoms with Gasteiger partial charge in [-0.1, -0.05) is 65.5 Å². The van der Waals surface area contributed by atoms with Crippen LogP contribution in [-0.4, -0.2) is 19.6 Å². The monoisotopic (exact) mass is 394 g/mol. The predicted molar refractivity (Wildman–Crippen MR) is 119 cm³/mol. The molecule has 1 N–H and O–H groups in total. The van der Waals surface area contributed by atoms with Crippen molar-refractivity contribution in [1.82, 2.24) is 19.6 Å². The van der Waals surface area contributed by atoms with Crippen LogP contribution in [0, 0.1) is 11.3 Å². The van der Waals surface area contributed by atoms with E-state index in [4.69, 9.17) is 10.1 Å². The summed E-state index contributed by atoms with van der Waals surface area (Å²) in [7, 11) is 0. The second kappa shape index (κ2) is 8.13. The minimum atomic E-state index is -0.104. The molecule has 1 aromatic carbocycles. The number of hydrogen-bond donors (Lipinski definition) is 1. The van der Waals surface area contributed by atoms with Crippen LogP contribution in [-0.2, 0) is 6.42 Å². The highest BCUT2D eigenvalue weighted by Crippen LogP contribution is 2.43. The number of aryl methyl sites for hydroxylation is 1. The molecule has 0 spiro atoms. The van der Waals surface area contributed by atoms with Crippen LogP contribution in [0.4, 0.5) is 0 Å². The summed E-state index contributed by atoms with van der Waals surface area (Å²) in [6.45, 7) is 9.06. The van der Waals surface area contributed by atoms with Gasteiger partial charge in [0, 0.05) is 11.5 Å². The number of imidazole rings is 1.